The second kappa shape index (κ2) is 18.2. The highest BCUT2D eigenvalue weighted by molar-refractivity contribution is 5.78. The molecule has 0 N–H and O–H groups in total. The van der Waals surface area contributed by atoms with E-state index in [0.29, 0.717) is 5.78 Å². The topological polar surface area (TPSA) is 17.1 Å². The summed E-state index contributed by atoms with van der Waals surface area (Å²) in [6.45, 7) is 4.41. The molecule has 0 rings (SSSR count). The molecule has 0 atom stereocenters. The van der Waals surface area contributed by atoms with Gasteiger partial charge < -0.3 is 0 Å². The second-order valence-electron chi connectivity index (χ2n) is 6.24. The summed E-state index contributed by atoms with van der Waals surface area (Å²) in [6.07, 6.45) is 25.0. The molecule has 1 nitrogen and oxygen atoms in total. The van der Waals surface area contributed by atoms with Gasteiger partial charge in [-0.1, -0.05) is 83.1 Å². The van der Waals surface area contributed by atoms with Crippen molar-refractivity contribution in [1.82, 2.24) is 0 Å². The van der Waals surface area contributed by atoms with Crippen LogP contribution in [0.2, 0.25) is 0 Å². The molecular formula is C21H38O. The van der Waals surface area contributed by atoms with Crippen molar-refractivity contribution in [2.45, 2.75) is 104 Å². The largest absolute Gasteiger partial charge is 0.300 e. The number of Topliss-reactive ketones (excluding diaryl/α,β-unsaturated/α-hetero) is 1. The van der Waals surface area contributed by atoms with Crippen molar-refractivity contribution < 1.29 is 4.79 Å². The fraction of sp³-hybridized carbons (Fsp3) is 0.762. The van der Waals surface area contributed by atoms with Crippen LogP contribution < -0.4 is 0 Å². The fourth-order valence-corrected chi connectivity index (χ4v) is 2.55. The van der Waals surface area contributed by atoms with Crippen LogP contribution in [0.15, 0.2) is 24.3 Å². The average molecular weight is 307 g/mol. The number of carbonyl (C=O) groups excluding carboxylic acids is 1. The van der Waals surface area contributed by atoms with E-state index in [0.717, 1.165) is 44.9 Å². The molecular weight excluding hydrogens is 268 g/mol. The monoisotopic (exact) mass is 306 g/mol. The molecule has 0 aliphatic heterocycles. The Bertz CT molecular complexity index is 288. The summed E-state index contributed by atoms with van der Waals surface area (Å²) in [6, 6.07) is 0. The number of rotatable bonds is 16. The van der Waals surface area contributed by atoms with E-state index in [-0.39, 0.29) is 0 Å². The predicted molar refractivity (Wildman–Crippen MR) is 99.3 cm³/mol. The molecule has 0 aromatic heterocycles. The van der Waals surface area contributed by atoms with E-state index < -0.39 is 0 Å². The number of hydrogen-bond donors (Lipinski definition) is 0. The Balaban J connectivity index is 3.27. The molecule has 0 aromatic rings. The van der Waals surface area contributed by atoms with E-state index in [1.165, 1.54) is 44.9 Å². The van der Waals surface area contributed by atoms with Crippen molar-refractivity contribution in [3.05, 3.63) is 24.3 Å². The number of carbonyl (C=O) groups is 1. The third-order valence-electron chi connectivity index (χ3n) is 3.98. The lowest BCUT2D eigenvalue weighted by Crippen LogP contribution is -1.97. The van der Waals surface area contributed by atoms with Crippen LogP contribution in [-0.4, -0.2) is 5.78 Å². The van der Waals surface area contributed by atoms with Gasteiger partial charge in [0.25, 0.3) is 0 Å². The first-order valence-electron chi connectivity index (χ1n) is 9.63. The van der Waals surface area contributed by atoms with Gasteiger partial charge in [-0.05, 0) is 32.1 Å². The van der Waals surface area contributed by atoms with Crippen molar-refractivity contribution in [2.75, 3.05) is 0 Å². The van der Waals surface area contributed by atoms with Gasteiger partial charge >= 0.3 is 0 Å². The smallest absolute Gasteiger partial charge is 0.132 e. The third kappa shape index (κ3) is 17.2. The van der Waals surface area contributed by atoms with Crippen LogP contribution in [0, 0.1) is 0 Å². The first-order chi connectivity index (χ1) is 10.8. The molecule has 1 heteroatoms. The van der Waals surface area contributed by atoms with Crippen molar-refractivity contribution in [3.8, 4) is 0 Å². The highest BCUT2D eigenvalue weighted by atomic mass is 16.1. The van der Waals surface area contributed by atoms with Gasteiger partial charge in [-0.2, -0.15) is 0 Å². The van der Waals surface area contributed by atoms with Gasteiger partial charge in [0.05, 0.1) is 0 Å². The summed E-state index contributed by atoms with van der Waals surface area (Å²) in [5.41, 5.74) is 0. The zero-order valence-electron chi connectivity index (χ0n) is 15.1. The molecule has 0 heterocycles. The first kappa shape index (κ1) is 21.1. The van der Waals surface area contributed by atoms with Crippen molar-refractivity contribution in [1.29, 1.82) is 0 Å². The average Bonchev–Trinajstić information content (AvgIpc) is 2.52. The molecule has 0 saturated carbocycles. The second-order valence-corrected chi connectivity index (χ2v) is 6.24. The summed E-state index contributed by atoms with van der Waals surface area (Å²) in [4.78, 5) is 11.8. The van der Waals surface area contributed by atoms with Gasteiger partial charge in [-0.25, -0.2) is 0 Å². The van der Waals surface area contributed by atoms with Crippen molar-refractivity contribution in [3.63, 3.8) is 0 Å². The molecule has 0 radical (unpaired) electrons. The molecule has 0 aliphatic carbocycles. The Morgan fingerprint density at radius 2 is 1.27 bits per heavy atom. The van der Waals surface area contributed by atoms with Gasteiger partial charge in [0, 0.05) is 12.8 Å². The standard InChI is InChI=1S/C21H38O/c1-3-5-7-9-11-13-15-17-19-21(22)20-18-16-14-12-10-8-6-4-2/h5,7,11,13H,3-4,6,8-10,12,14-20H2,1-2H3/b7-5+,13-11+. The SMILES string of the molecule is CC/C=C/C/C=C/CCCC(=O)CCCCCCCCCC. The first-order valence-corrected chi connectivity index (χ1v) is 9.63. The van der Waals surface area contributed by atoms with E-state index in [4.69, 9.17) is 0 Å². The van der Waals surface area contributed by atoms with Crippen molar-refractivity contribution in [2.24, 2.45) is 0 Å². The van der Waals surface area contributed by atoms with Crippen LogP contribution in [0.25, 0.3) is 0 Å². The summed E-state index contributed by atoms with van der Waals surface area (Å²) in [5, 5.41) is 0. The van der Waals surface area contributed by atoms with E-state index >= 15 is 0 Å². The minimum absolute atomic E-state index is 0.463. The fourth-order valence-electron chi connectivity index (χ4n) is 2.55. The summed E-state index contributed by atoms with van der Waals surface area (Å²) < 4.78 is 0. The van der Waals surface area contributed by atoms with Crippen LogP contribution in [0.3, 0.4) is 0 Å². The molecule has 0 unspecified atom stereocenters. The Morgan fingerprint density at radius 1 is 0.682 bits per heavy atom. The normalized spacial score (nSPS) is 11.7. The Hall–Kier alpha value is -0.850. The number of hydrogen-bond acceptors (Lipinski definition) is 1. The zero-order chi connectivity index (χ0) is 16.3. The summed E-state index contributed by atoms with van der Waals surface area (Å²) >= 11 is 0. The van der Waals surface area contributed by atoms with Gasteiger partial charge in [0.15, 0.2) is 0 Å². The van der Waals surface area contributed by atoms with Gasteiger partial charge in [-0.15, -0.1) is 0 Å². The van der Waals surface area contributed by atoms with Crippen LogP contribution in [0.5, 0.6) is 0 Å². The lowest BCUT2D eigenvalue weighted by Gasteiger charge is -2.02. The molecule has 0 amide bonds. The van der Waals surface area contributed by atoms with Crippen LogP contribution in [0.4, 0.5) is 0 Å². The minimum atomic E-state index is 0.463. The lowest BCUT2D eigenvalue weighted by atomic mass is 10.0. The van der Waals surface area contributed by atoms with Crippen LogP contribution in [-0.2, 0) is 4.79 Å². The maximum Gasteiger partial charge on any atom is 0.132 e. The quantitative estimate of drug-likeness (QED) is 0.218. The van der Waals surface area contributed by atoms with Gasteiger partial charge in [0.2, 0.25) is 0 Å². The third-order valence-corrected chi connectivity index (χ3v) is 3.98. The number of ketones is 1. The molecule has 22 heavy (non-hydrogen) atoms. The maximum atomic E-state index is 11.8. The Morgan fingerprint density at radius 3 is 1.95 bits per heavy atom. The molecule has 0 aromatic carbocycles. The predicted octanol–water partition coefficient (Wildman–Crippen LogP) is 7.17. The highest BCUT2D eigenvalue weighted by Crippen LogP contribution is 2.11. The molecule has 0 fully saturated rings. The van der Waals surface area contributed by atoms with Crippen molar-refractivity contribution >= 4 is 5.78 Å². The molecule has 128 valence electrons. The lowest BCUT2D eigenvalue weighted by molar-refractivity contribution is -0.119. The van der Waals surface area contributed by atoms with Gasteiger partial charge in [0.1, 0.15) is 5.78 Å². The number of unbranched alkanes of at least 4 members (excludes halogenated alkanes) is 8. The van der Waals surface area contributed by atoms with Crippen LogP contribution >= 0.6 is 0 Å². The van der Waals surface area contributed by atoms with Gasteiger partial charge in [-0.3, -0.25) is 4.79 Å². The Labute approximate surface area is 139 Å². The van der Waals surface area contributed by atoms with E-state index in [9.17, 15) is 4.79 Å². The van der Waals surface area contributed by atoms with Crippen LogP contribution in [0.1, 0.15) is 104 Å². The van der Waals surface area contributed by atoms with E-state index in [1.54, 1.807) is 0 Å². The molecule has 0 bridgehead atoms. The Kier molecular flexibility index (Phi) is 17.5. The molecule has 0 spiro atoms. The van der Waals surface area contributed by atoms with E-state index in [1.807, 2.05) is 0 Å². The summed E-state index contributed by atoms with van der Waals surface area (Å²) in [5.74, 6) is 0.463. The molecule has 0 aliphatic rings. The molecule has 0 saturated heterocycles. The summed E-state index contributed by atoms with van der Waals surface area (Å²) in [7, 11) is 0. The number of allylic oxidation sites excluding steroid dienone is 4. The zero-order valence-corrected chi connectivity index (χ0v) is 15.1. The maximum absolute atomic E-state index is 11.8. The minimum Gasteiger partial charge on any atom is -0.300 e. The highest BCUT2D eigenvalue weighted by Gasteiger charge is 2.00. The van der Waals surface area contributed by atoms with E-state index in [2.05, 4.69) is 38.2 Å².